The summed E-state index contributed by atoms with van der Waals surface area (Å²) in [4.78, 5) is 20.5. The van der Waals surface area contributed by atoms with Gasteiger partial charge in [0.05, 0.1) is 24.6 Å². The van der Waals surface area contributed by atoms with Gasteiger partial charge in [0.2, 0.25) is 5.95 Å². The second kappa shape index (κ2) is 8.86. The molecule has 0 aromatic carbocycles. The number of rotatable bonds is 7. The van der Waals surface area contributed by atoms with Crippen LogP contribution in [0.1, 0.15) is 31.3 Å². The molecule has 1 amide bonds. The van der Waals surface area contributed by atoms with Crippen LogP contribution in [-0.4, -0.2) is 62.7 Å². The Bertz CT molecular complexity index is 1050. The third-order valence-electron chi connectivity index (χ3n) is 4.62. The van der Waals surface area contributed by atoms with Crippen molar-refractivity contribution in [2.45, 2.75) is 44.9 Å². The average molecular weight is 433 g/mol. The van der Waals surface area contributed by atoms with Gasteiger partial charge in [-0.25, -0.2) is 19.2 Å². The molecule has 3 aromatic rings. The largest absolute Gasteiger partial charge is 0.441 e. The number of alkyl carbamates (subject to hydrolysis) is 1. The Hall–Kier alpha value is -3.25. The Morgan fingerprint density at radius 3 is 3.10 bits per heavy atom. The lowest BCUT2D eigenvalue weighted by atomic mass is 10.1. The molecule has 3 atom stereocenters. The van der Waals surface area contributed by atoms with Gasteiger partial charge in [0.15, 0.2) is 18.1 Å². The lowest BCUT2D eigenvalue weighted by Gasteiger charge is -2.16. The third-order valence-corrected chi connectivity index (χ3v) is 4.62. The van der Waals surface area contributed by atoms with Crippen molar-refractivity contribution in [1.82, 2.24) is 29.9 Å². The molecular formula is C19H24FN7O4. The van der Waals surface area contributed by atoms with Crippen LogP contribution < -0.4 is 10.6 Å². The van der Waals surface area contributed by atoms with Gasteiger partial charge in [-0.05, 0) is 19.9 Å². The van der Waals surface area contributed by atoms with Crippen LogP contribution in [0.2, 0.25) is 0 Å². The van der Waals surface area contributed by atoms with E-state index in [-0.39, 0.29) is 12.6 Å². The zero-order valence-corrected chi connectivity index (χ0v) is 17.3. The number of carbonyl (C=O) groups excluding carboxylic acids is 1. The number of aromatic amines is 1. The number of H-pyrrole nitrogens is 1. The molecule has 4 rings (SSSR count). The van der Waals surface area contributed by atoms with E-state index in [4.69, 9.17) is 14.2 Å². The number of anilines is 2. The van der Waals surface area contributed by atoms with Crippen molar-refractivity contribution in [3.63, 3.8) is 0 Å². The molecule has 0 spiro atoms. The zero-order chi connectivity index (χ0) is 22.0. The number of fused-ring (bicyclic) bond motifs is 1. The molecule has 0 saturated carbocycles. The van der Waals surface area contributed by atoms with E-state index in [0.29, 0.717) is 29.7 Å². The van der Waals surface area contributed by atoms with Gasteiger partial charge in [-0.1, -0.05) is 0 Å². The minimum absolute atomic E-state index is 0.0443. The summed E-state index contributed by atoms with van der Waals surface area (Å²) in [7, 11) is 1.60. The van der Waals surface area contributed by atoms with Gasteiger partial charge in [-0.15, -0.1) is 0 Å². The number of halogens is 1. The maximum absolute atomic E-state index is 14.8. The minimum atomic E-state index is -1.53. The van der Waals surface area contributed by atoms with Crippen LogP contribution in [-0.2, 0) is 20.8 Å². The molecular weight excluding hydrogens is 409 g/mol. The maximum Gasteiger partial charge on any atom is 0.407 e. The topological polar surface area (TPSA) is 128 Å². The highest BCUT2D eigenvalue weighted by molar-refractivity contribution is 5.67. The summed E-state index contributed by atoms with van der Waals surface area (Å²) < 4.78 is 32.3. The second-order valence-electron chi connectivity index (χ2n) is 7.44. The highest BCUT2D eigenvalue weighted by Crippen LogP contribution is 2.33. The van der Waals surface area contributed by atoms with Crippen LogP contribution in [0.3, 0.4) is 0 Å². The molecule has 4 heterocycles. The molecule has 3 N–H and O–H groups in total. The highest BCUT2D eigenvalue weighted by atomic mass is 19.1. The second-order valence-corrected chi connectivity index (χ2v) is 7.44. The fraction of sp³-hybridized carbons (Fsp3) is 0.474. The fourth-order valence-electron chi connectivity index (χ4n) is 3.28. The van der Waals surface area contributed by atoms with Crippen LogP contribution in [0.25, 0.3) is 5.65 Å². The normalized spacial score (nSPS) is 21.0. The predicted octanol–water partition coefficient (Wildman–Crippen LogP) is 2.25. The van der Waals surface area contributed by atoms with Crippen molar-refractivity contribution >= 4 is 23.5 Å². The van der Waals surface area contributed by atoms with Gasteiger partial charge in [0.25, 0.3) is 0 Å². The molecule has 31 heavy (non-hydrogen) atoms. The first-order valence-corrected chi connectivity index (χ1v) is 9.81. The van der Waals surface area contributed by atoms with E-state index in [2.05, 4.69) is 30.8 Å². The summed E-state index contributed by atoms with van der Waals surface area (Å²) in [6.07, 6.45) is -0.696. The molecule has 11 nitrogen and oxygen atoms in total. The Kier molecular flexibility index (Phi) is 6.00. The Morgan fingerprint density at radius 2 is 2.32 bits per heavy atom. The SMILES string of the molecule is COCc1cn2c(Nc3cc([C@@H]4OC[C@H](OC(=O)NC(C)C)[C@H]4F)[nH]n3)nccc2n1. The predicted molar refractivity (Wildman–Crippen MR) is 108 cm³/mol. The monoisotopic (exact) mass is 433 g/mol. The smallest absolute Gasteiger partial charge is 0.407 e. The number of carbonyl (C=O) groups is 1. The molecule has 1 aliphatic rings. The number of alkyl halides is 1. The molecule has 0 aliphatic carbocycles. The summed E-state index contributed by atoms with van der Waals surface area (Å²) >= 11 is 0. The van der Waals surface area contributed by atoms with E-state index < -0.39 is 24.5 Å². The van der Waals surface area contributed by atoms with E-state index >= 15 is 0 Å². The Labute approximate surface area is 177 Å². The molecule has 3 aromatic heterocycles. The standard InChI is InChI=1S/C19H24FN7O4/c1-10(2)22-19(28)31-13-9-30-17(16(13)20)12-6-14(26-25-12)24-18-21-5-4-15-23-11(8-29-3)7-27(15)18/h4-7,10,13,16-17H,8-9H2,1-3H3,(H,22,28)(H2,21,24,25,26)/t13-,16+,17-/m0/s1. The van der Waals surface area contributed by atoms with Gasteiger partial charge in [-0.3, -0.25) is 9.50 Å². The number of methoxy groups -OCH3 is 1. The van der Waals surface area contributed by atoms with E-state index in [1.54, 1.807) is 43.7 Å². The third kappa shape index (κ3) is 4.59. The number of amides is 1. The van der Waals surface area contributed by atoms with E-state index in [1.165, 1.54) is 0 Å². The quantitative estimate of drug-likeness (QED) is 0.518. The lowest BCUT2D eigenvalue weighted by Crippen LogP contribution is -2.36. The van der Waals surface area contributed by atoms with Crippen molar-refractivity contribution in [2.24, 2.45) is 0 Å². The molecule has 12 heteroatoms. The maximum atomic E-state index is 14.8. The highest BCUT2D eigenvalue weighted by Gasteiger charge is 2.42. The molecule has 1 aliphatic heterocycles. The van der Waals surface area contributed by atoms with Crippen LogP contribution in [0, 0.1) is 0 Å². The first-order chi connectivity index (χ1) is 14.9. The van der Waals surface area contributed by atoms with Gasteiger partial charge in [0.1, 0.15) is 11.8 Å². The minimum Gasteiger partial charge on any atom is -0.441 e. The molecule has 1 fully saturated rings. The lowest BCUT2D eigenvalue weighted by molar-refractivity contribution is 0.0615. The van der Waals surface area contributed by atoms with E-state index in [9.17, 15) is 9.18 Å². The molecule has 0 radical (unpaired) electrons. The number of imidazole rings is 1. The van der Waals surface area contributed by atoms with E-state index in [0.717, 1.165) is 5.69 Å². The van der Waals surface area contributed by atoms with Crippen molar-refractivity contribution in [3.8, 4) is 0 Å². The van der Waals surface area contributed by atoms with Crippen LogP contribution in [0.5, 0.6) is 0 Å². The summed E-state index contributed by atoms with van der Waals surface area (Å²) in [6.45, 7) is 3.91. The van der Waals surface area contributed by atoms with Gasteiger partial charge in [-0.2, -0.15) is 5.10 Å². The van der Waals surface area contributed by atoms with E-state index in [1.807, 2.05) is 6.20 Å². The van der Waals surface area contributed by atoms with Crippen molar-refractivity contribution < 1.29 is 23.4 Å². The number of aromatic nitrogens is 5. The Balaban J connectivity index is 1.44. The van der Waals surface area contributed by atoms with Crippen LogP contribution >= 0.6 is 0 Å². The first-order valence-electron chi connectivity index (χ1n) is 9.81. The molecule has 166 valence electrons. The molecule has 0 unspecified atom stereocenters. The number of nitrogens with zero attached hydrogens (tertiary/aromatic N) is 4. The summed E-state index contributed by atoms with van der Waals surface area (Å²) in [5, 5.41) is 12.6. The number of hydrogen-bond donors (Lipinski definition) is 3. The van der Waals surface area contributed by atoms with Gasteiger partial charge < -0.3 is 24.8 Å². The summed E-state index contributed by atoms with van der Waals surface area (Å²) in [6, 6.07) is 3.29. The fourth-order valence-corrected chi connectivity index (χ4v) is 3.28. The van der Waals surface area contributed by atoms with Crippen LogP contribution in [0.15, 0.2) is 24.5 Å². The summed E-state index contributed by atoms with van der Waals surface area (Å²) in [5.41, 5.74) is 1.87. The number of hydrogen-bond acceptors (Lipinski definition) is 8. The van der Waals surface area contributed by atoms with Crippen LogP contribution in [0.4, 0.5) is 21.0 Å². The zero-order valence-electron chi connectivity index (χ0n) is 17.3. The van der Waals surface area contributed by atoms with Gasteiger partial charge in [0, 0.05) is 31.6 Å². The first kappa shape index (κ1) is 21.0. The average Bonchev–Trinajstić information content (AvgIpc) is 3.41. The number of nitrogens with one attached hydrogen (secondary N) is 3. The Morgan fingerprint density at radius 1 is 1.48 bits per heavy atom. The van der Waals surface area contributed by atoms with Crippen molar-refractivity contribution in [3.05, 3.63) is 35.9 Å². The van der Waals surface area contributed by atoms with Crippen molar-refractivity contribution in [1.29, 1.82) is 0 Å². The molecule has 1 saturated heterocycles. The number of ether oxygens (including phenoxy) is 3. The van der Waals surface area contributed by atoms with Crippen molar-refractivity contribution in [2.75, 3.05) is 19.0 Å². The molecule has 0 bridgehead atoms. The summed E-state index contributed by atoms with van der Waals surface area (Å²) in [5.74, 6) is 0.913. The van der Waals surface area contributed by atoms with Gasteiger partial charge >= 0.3 is 6.09 Å².